The minimum absolute atomic E-state index is 0.0189. The summed E-state index contributed by atoms with van der Waals surface area (Å²) in [6.45, 7) is 0. The van der Waals surface area contributed by atoms with Crippen molar-refractivity contribution in [1.82, 2.24) is 29.9 Å². The second-order valence-electron chi connectivity index (χ2n) is 3.47. The summed E-state index contributed by atoms with van der Waals surface area (Å²) >= 11 is 5.27. The predicted molar refractivity (Wildman–Crippen MR) is 71.6 cm³/mol. The highest BCUT2D eigenvalue weighted by Crippen LogP contribution is 1.98. The lowest BCUT2D eigenvalue weighted by Crippen LogP contribution is -2.20. The van der Waals surface area contributed by atoms with Crippen LogP contribution >= 0.6 is 11.6 Å². The first-order valence-electron chi connectivity index (χ1n) is 5.14. The molecule has 3 aromatic heterocycles. The normalized spacial score (nSPS) is 10.1. The van der Waals surface area contributed by atoms with Crippen molar-refractivity contribution >= 4 is 28.7 Å². The monoisotopic (exact) mass is 297 g/mol. The SMILES string of the molecule is Nc1nc2[nH]cnc2c(=O)[nH]1.O=c1[nH]cc(Cl)c(=O)[nH]1. The highest BCUT2D eigenvalue weighted by atomic mass is 35.5. The molecular formula is C9H8ClN7O3. The first kappa shape index (κ1) is 13.5. The number of nitrogens with two attached hydrogens (primary N) is 1. The van der Waals surface area contributed by atoms with Crippen molar-refractivity contribution in [2.24, 2.45) is 0 Å². The van der Waals surface area contributed by atoms with Crippen LogP contribution in [0.25, 0.3) is 11.2 Å². The molecule has 3 aromatic rings. The van der Waals surface area contributed by atoms with Gasteiger partial charge in [-0.15, -0.1) is 0 Å². The Balaban J connectivity index is 0.000000151. The molecule has 0 unspecified atom stereocenters. The lowest BCUT2D eigenvalue weighted by atomic mass is 10.5. The average molecular weight is 298 g/mol. The smallest absolute Gasteiger partial charge is 0.325 e. The van der Waals surface area contributed by atoms with Crippen LogP contribution in [0.2, 0.25) is 5.02 Å². The molecule has 0 radical (unpaired) electrons. The third-order valence-corrected chi connectivity index (χ3v) is 2.36. The number of nitrogen functional groups attached to an aromatic ring is 1. The van der Waals surface area contributed by atoms with Gasteiger partial charge in [0.1, 0.15) is 5.02 Å². The quantitative estimate of drug-likeness (QED) is 0.355. The van der Waals surface area contributed by atoms with Gasteiger partial charge >= 0.3 is 5.69 Å². The van der Waals surface area contributed by atoms with Crippen LogP contribution in [0.4, 0.5) is 5.95 Å². The van der Waals surface area contributed by atoms with Crippen molar-refractivity contribution in [2.75, 3.05) is 5.73 Å². The third kappa shape index (κ3) is 2.92. The van der Waals surface area contributed by atoms with Gasteiger partial charge < -0.3 is 15.7 Å². The summed E-state index contributed by atoms with van der Waals surface area (Å²) in [6, 6.07) is 0. The number of hydrogen-bond acceptors (Lipinski definition) is 6. The summed E-state index contributed by atoms with van der Waals surface area (Å²) in [6.07, 6.45) is 2.54. The molecule has 0 aliphatic heterocycles. The van der Waals surface area contributed by atoms with E-state index < -0.39 is 11.2 Å². The van der Waals surface area contributed by atoms with Gasteiger partial charge in [-0.1, -0.05) is 11.6 Å². The van der Waals surface area contributed by atoms with Crippen LogP contribution in [0, 0.1) is 0 Å². The second kappa shape index (κ2) is 5.40. The van der Waals surface area contributed by atoms with Crippen LogP contribution < -0.4 is 22.5 Å². The molecule has 20 heavy (non-hydrogen) atoms. The summed E-state index contributed by atoms with van der Waals surface area (Å²) in [5.41, 5.74) is 4.51. The van der Waals surface area contributed by atoms with Crippen molar-refractivity contribution < 1.29 is 0 Å². The second-order valence-corrected chi connectivity index (χ2v) is 3.88. The predicted octanol–water partition coefficient (Wildman–Crippen LogP) is -1.06. The van der Waals surface area contributed by atoms with Crippen LogP contribution in [-0.4, -0.2) is 29.9 Å². The topological polar surface area (TPSA) is 166 Å². The molecule has 0 saturated carbocycles. The molecule has 0 atom stereocenters. The summed E-state index contributed by atoms with van der Waals surface area (Å²) in [5.74, 6) is 0.0896. The maximum atomic E-state index is 11.0. The van der Waals surface area contributed by atoms with Crippen LogP contribution in [0.15, 0.2) is 26.9 Å². The third-order valence-electron chi connectivity index (χ3n) is 2.08. The molecule has 104 valence electrons. The first-order valence-corrected chi connectivity index (χ1v) is 5.51. The Morgan fingerprint density at radius 1 is 1.10 bits per heavy atom. The van der Waals surface area contributed by atoms with Gasteiger partial charge in [0.2, 0.25) is 5.95 Å². The number of rotatable bonds is 0. The van der Waals surface area contributed by atoms with Crippen LogP contribution in [0.3, 0.4) is 0 Å². The maximum Gasteiger partial charge on any atom is 0.325 e. The minimum Gasteiger partial charge on any atom is -0.369 e. The van der Waals surface area contributed by atoms with Crippen LogP contribution in [0.5, 0.6) is 0 Å². The van der Waals surface area contributed by atoms with Crippen LogP contribution in [-0.2, 0) is 0 Å². The Kier molecular flexibility index (Phi) is 3.66. The Morgan fingerprint density at radius 3 is 2.50 bits per heavy atom. The van der Waals surface area contributed by atoms with E-state index in [1.165, 1.54) is 6.33 Å². The molecule has 0 aromatic carbocycles. The van der Waals surface area contributed by atoms with E-state index >= 15 is 0 Å². The first-order chi connectivity index (χ1) is 9.47. The molecule has 0 bridgehead atoms. The van der Waals surface area contributed by atoms with E-state index in [0.717, 1.165) is 6.20 Å². The number of anilines is 1. The van der Waals surface area contributed by atoms with Gasteiger partial charge in [0.15, 0.2) is 11.2 Å². The summed E-state index contributed by atoms with van der Waals surface area (Å²) in [5, 5.41) is -0.0189. The van der Waals surface area contributed by atoms with Gasteiger partial charge in [-0.05, 0) is 0 Å². The Hall–Kier alpha value is -2.88. The lowest BCUT2D eigenvalue weighted by molar-refractivity contribution is 1.04. The zero-order valence-electron chi connectivity index (χ0n) is 9.73. The largest absolute Gasteiger partial charge is 0.369 e. The number of imidazole rings is 1. The molecule has 0 amide bonds. The molecule has 0 spiro atoms. The molecule has 11 heteroatoms. The number of hydrogen-bond donors (Lipinski definition) is 5. The number of aromatic nitrogens is 6. The average Bonchev–Trinajstić information content (AvgIpc) is 2.83. The Labute approximate surface area is 114 Å². The van der Waals surface area contributed by atoms with Gasteiger partial charge in [0.25, 0.3) is 11.1 Å². The van der Waals surface area contributed by atoms with Gasteiger partial charge in [-0.2, -0.15) is 4.98 Å². The van der Waals surface area contributed by atoms with Crippen LogP contribution in [0.1, 0.15) is 0 Å². The Bertz CT molecular complexity index is 906. The van der Waals surface area contributed by atoms with Crippen molar-refractivity contribution in [1.29, 1.82) is 0 Å². The van der Waals surface area contributed by atoms with Gasteiger partial charge in [0, 0.05) is 6.20 Å². The van der Waals surface area contributed by atoms with E-state index in [2.05, 4.69) is 24.9 Å². The van der Waals surface area contributed by atoms with E-state index in [1.807, 2.05) is 4.98 Å². The maximum absolute atomic E-state index is 11.0. The van der Waals surface area contributed by atoms with Crippen molar-refractivity contribution in [3.05, 3.63) is 48.7 Å². The zero-order valence-corrected chi connectivity index (χ0v) is 10.5. The van der Waals surface area contributed by atoms with Gasteiger partial charge in [-0.25, -0.2) is 9.78 Å². The molecule has 0 aliphatic rings. The fourth-order valence-corrected chi connectivity index (χ4v) is 1.36. The summed E-state index contributed by atoms with van der Waals surface area (Å²) in [4.78, 5) is 48.4. The number of aromatic amines is 4. The summed E-state index contributed by atoms with van der Waals surface area (Å²) < 4.78 is 0. The number of nitrogens with one attached hydrogen (secondary N) is 4. The molecule has 0 fully saturated rings. The number of nitrogens with zero attached hydrogens (tertiary/aromatic N) is 2. The highest BCUT2D eigenvalue weighted by molar-refractivity contribution is 6.30. The minimum atomic E-state index is -0.569. The van der Waals surface area contributed by atoms with Crippen molar-refractivity contribution in [3.8, 4) is 0 Å². The van der Waals surface area contributed by atoms with Gasteiger partial charge in [0.05, 0.1) is 6.33 Å². The van der Waals surface area contributed by atoms with E-state index in [1.54, 1.807) is 0 Å². The number of fused-ring (bicyclic) bond motifs is 1. The van der Waals surface area contributed by atoms with E-state index in [9.17, 15) is 14.4 Å². The van der Waals surface area contributed by atoms with Crippen molar-refractivity contribution in [3.63, 3.8) is 0 Å². The number of H-pyrrole nitrogens is 4. The lowest BCUT2D eigenvalue weighted by Gasteiger charge is -1.89. The fourth-order valence-electron chi connectivity index (χ4n) is 1.26. The molecule has 3 rings (SSSR count). The molecule has 10 nitrogen and oxygen atoms in total. The van der Waals surface area contributed by atoms with Crippen molar-refractivity contribution in [2.45, 2.75) is 0 Å². The standard InChI is InChI=1S/C5H5N5O.C4H3ClN2O2/c6-5-9-3-2(4(11)10-5)7-1-8-3;5-2-1-6-4(9)7-3(2)8/h1H,(H4,6,7,8,9,10,11);1H,(H2,6,7,8,9). The zero-order chi connectivity index (χ0) is 14.7. The number of halogens is 1. The molecular weight excluding hydrogens is 290 g/mol. The van der Waals surface area contributed by atoms with Gasteiger partial charge in [-0.3, -0.25) is 19.6 Å². The molecule has 6 N–H and O–H groups in total. The summed E-state index contributed by atoms with van der Waals surface area (Å²) in [7, 11) is 0. The fraction of sp³-hybridized carbons (Fsp3) is 0. The highest BCUT2D eigenvalue weighted by Gasteiger charge is 2.01. The van der Waals surface area contributed by atoms with E-state index in [0.29, 0.717) is 5.65 Å². The molecule has 3 heterocycles. The van der Waals surface area contributed by atoms with E-state index in [4.69, 9.17) is 17.3 Å². The Morgan fingerprint density at radius 2 is 1.85 bits per heavy atom. The molecule has 0 aliphatic carbocycles. The van der Waals surface area contributed by atoms with E-state index in [-0.39, 0.29) is 22.0 Å². The molecule has 0 saturated heterocycles.